The smallest absolute Gasteiger partial charge is 0.387 e. The molecule has 0 saturated heterocycles. The molecule has 0 heterocycles. The van der Waals surface area contributed by atoms with Crippen molar-refractivity contribution in [2.45, 2.75) is 26.5 Å². The summed E-state index contributed by atoms with van der Waals surface area (Å²) in [4.78, 5) is 21.2. The number of benzene rings is 1. The Labute approximate surface area is 119 Å². The van der Waals surface area contributed by atoms with Gasteiger partial charge < -0.3 is 15.8 Å². The third-order valence-corrected chi connectivity index (χ3v) is 2.67. The van der Waals surface area contributed by atoms with Gasteiger partial charge in [-0.25, -0.2) is 0 Å². The summed E-state index contributed by atoms with van der Waals surface area (Å²) in [6.07, 6.45) is 0. The normalized spacial score (nSPS) is 12.3. The van der Waals surface area contributed by atoms with Crippen LogP contribution in [0.15, 0.2) is 18.2 Å². The lowest BCUT2D eigenvalue weighted by Gasteiger charge is -2.20. The zero-order chi connectivity index (χ0) is 16.2. The number of amides is 1. The van der Waals surface area contributed by atoms with Gasteiger partial charge in [-0.1, -0.05) is 13.8 Å². The van der Waals surface area contributed by atoms with E-state index in [-0.39, 0.29) is 11.6 Å². The van der Waals surface area contributed by atoms with Crippen molar-refractivity contribution in [1.82, 2.24) is 0 Å². The molecule has 3 N–H and O–H groups in total. The lowest BCUT2D eigenvalue weighted by atomic mass is 10.0. The Morgan fingerprint density at radius 2 is 2.05 bits per heavy atom. The van der Waals surface area contributed by atoms with Crippen LogP contribution in [0.4, 0.5) is 20.2 Å². The van der Waals surface area contributed by atoms with Crippen LogP contribution in [0.3, 0.4) is 0 Å². The number of nitrogens with two attached hydrogens (primary N) is 1. The fourth-order valence-corrected chi connectivity index (χ4v) is 1.69. The van der Waals surface area contributed by atoms with Crippen molar-refractivity contribution < 1.29 is 23.2 Å². The number of nitro benzene ring substituents is 1. The maximum atomic E-state index is 12.3. The summed E-state index contributed by atoms with van der Waals surface area (Å²) in [5.41, 5.74) is 4.84. The molecule has 1 unspecified atom stereocenters. The topological polar surface area (TPSA) is 107 Å². The van der Waals surface area contributed by atoms with Gasteiger partial charge in [0, 0.05) is 17.8 Å². The molecule has 0 radical (unpaired) electrons. The highest BCUT2D eigenvalue weighted by Crippen LogP contribution is 2.31. The quantitative estimate of drug-likeness (QED) is 0.592. The van der Waals surface area contributed by atoms with E-state index in [4.69, 9.17) is 5.73 Å². The maximum absolute atomic E-state index is 12.3. The van der Waals surface area contributed by atoms with Crippen molar-refractivity contribution in [3.05, 3.63) is 28.3 Å². The van der Waals surface area contributed by atoms with Crippen molar-refractivity contribution in [1.29, 1.82) is 0 Å². The van der Waals surface area contributed by atoms with Crippen molar-refractivity contribution in [2.75, 3.05) is 5.32 Å². The molecular formula is C12H15F2N3O4. The number of hydrogen-bond donors (Lipinski definition) is 2. The summed E-state index contributed by atoms with van der Waals surface area (Å²) >= 11 is 0. The van der Waals surface area contributed by atoms with Crippen molar-refractivity contribution in [2.24, 2.45) is 11.7 Å². The molecule has 7 nitrogen and oxygen atoms in total. The molecule has 0 aliphatic rings. The Hall–Kier alpha value is -2.45. The van der Waals surface area contributed by atoms with E-state index in [0.717, 1.165) is 12.1 Å². The van der Waals surface area contributed by atoms with Gasteiger partial charge in [0.05, 0.1) is 4.92 Å². The van der Waals surface area contributed by atoms with E-state index >= 15 is 0 Å². The summed E-state index contributed by atoms with van der Waals surface area (Å²) in [5.74, 6) is -1.37. The molecule has 0 saturated carbocycles. The number of anilines is 1. The molecule has 1 aromatic carbocycles. The van der Waals surface area contributed by atoms with Crippen LogP contribution in [-0.4, -0.2) is 23.5 Å². The first kappa shape index (κ1) is 16.6. The molecule has 116 valence electrons. The molecule has 1 aromatic rings. The Morgan fingerprint density at radius 3 is 2.48 bits per heavy atom. The lowest BCUT2D eigenvalue weighted by molar-refractivity contribution is -0.386. The molecule has 21 heavy (non-hydrogen) atoms. The van der Waals surface area contributed by atoms with Gasteiger partial charge in [-0.15, -0.1) is 0 Å². The maximum Gasteiger partial charge on any atom is 0.387 e. The summed E-state index contributed by atoms with van der Waals surface area (Å²) in [6, 6.07) is 2.58. The molecule has 0 aliphatic carbocycles. The van der Waals surface area contributed by atoms with Gasteiger partial charge in [-0.05, 0) is 12.0 Å². The Balaban J connectivity index is 3.09. The molecule has 1 amide bonds. The lowest BCUT2D eigenvalue weighted by Crippen LogP contribution is -2.39. The van der Waals surface area contributed by atoms with Crippen molar-refractivity contribution in [3.8, 4) is 5.75 Å². The minimum Gasteiger partial charge on any atom is -0.427 e. The van der Waals surface area contributed by atoms with Crippen LogP contribution in [-0.2, 0) is 4.79 Å². The summed E-state index contributed by atoms with van der Waals surface area (Å²) in [5, 5.41) is 13.5. The van der Waals surface area contributed by atoms with Gasteiger partial charge >= 0.3 is 12.3 Å². The van der Waals surface area contributed by atoms with Crippen LogP contribution in [0, 0.1) is 16.0 Å². The third-order valence-electron chi connectivity index (χ3n) is 2.67. The standard InChI is InChI=1S/C12H15F2N3O4/c1-6(2)10(11(15)18)16-7-3-4-8(17(19)20)9(5-7)21-12(13)14/h3-6,10,12,16H,1-2H3,(H2,15,18). The second kappa shape index (κ2) is 6.82. The molecule has 0 fully saturated rings. The number of rotatable bonds is 7. The van der Waals surface area contributed by atoms with Gasteiger partial charge in [-0.2, -0.15) is 8.78 Å². The summed E-state index contributed by atoms with van der Waals surface area (Å²) < 4.78 is 28.7. The largest absolute Gasteiger partial charge is 0.427 e. The van der Waals surface area contributed by atoms with E-state index in [1.807, 2.05) is 0 Å². The number of nitro groups is 1. The Bertz CT molecular complexity index is 537. The molecular weight excluding hydrogens is 288 g/mol. The number of nitrogens with zero attached hydrogens (tertiary/aromatic N) is 1. The number of nitrogens with one attached hydrogen (secondary N) is 1. The number of ether oxygens (including phenoxy) is 1. The molecule has 1 atom stereocenters. The van der Waals surface area contributed by atoms with Crippen molar-refractivity contribution in [3.63, 3.8) is 0 Å². The van der Waals surface area contributed by atoms with Gasteiger partial charge in [0.25, 0.3) is 0 Å². The van der Waals surface area contributed by atoms with E-state index in [0.29, 0.717) is 0 Å². The van der Waals surface area contributed by atoms with Crippen LogP contribution in [0.25, 0.3) is 0 Å². The van der Waals surface area contributed by atoms with Crippen molar-refractivity contribution >= 4 is 17.3 Å². The summed E-state index contributed by atoms with van der Waals surface area (Å²) in [7, 11) is 0. The minimum atomic E-state index is -3.20. The SMILES string of the molecule is CC(C)C(Nc1ccc([N+](=O)[O-])c(OC(F)F)c1)C(N)=O. The van der Waals surface area contributed by atoms with E-state index < -0.39 is 34.9 Å². The number of halogens is 2. The van der Waals surface area contributed by atoms with Gasteiger partial charge in [0.15, 0.2) is 0 Å². The van der Waals surface area contributed by atoms with Gasteiger partial charge in [0.1, 0.15) is 6.04 Å². The molecule has 0 spiro atoms. The first-order chi connectivity index (χ1) is 9.72. The molecule has 9 heteroatoms. The number of carbonyl (C=O) groups excluding carboxylic acids is 1. The second-order valence-electron chi connectivity index (χ2n) is 4.59. The molecule has 0 aliphatic heterocycles. The van der Waals surface area contributed by atoms with Crippen LogP contribution in [0.5, 0.6) is 5.75 Å². The number of hydrogen-bond acceptors (Lipinski definition) is 5. The molecule has 0 aromatic heterocycles. The average Bonchev–Trinajstić information content (AvgIpc) is 2.34. The number of carbonyl (C=O) groups is 1. The zero-order valence-corrected chi connectivity index (χ0v) is 11.4. The van der Waals surface area contributed by atoms with Gasteiger partial charge in [0.2, 0.25) is 11.7 Å². The first-order valence-electron chi connectivity index (χ1n) is 6.01. The fraction of sp³-hybridized carbons (Fsp3) is 0.417. The summed E-state index contributed by atoms with van der Waals surface area (Å²) in [6.45, 7) is 0.283. The van der Waals surface area contributed by atoms with E-state index in [2.05, 4.69) is 10.1 Å². The first-order valence-corrected chi connectivity index (χ1v) is 6.01. The fourth-order valence-electron chi connectivity index (χ4n) is 1.69. The number of alkyl halides is 2. The van der Waals surface area contributed by atoms with E-state index in [1.54, 1.807) is 13.8 Å². The second-order valence-corrected chi connectivity index (χ2v) is 4.59. The van der Waals surface area contributed by atoms with Crippen LogP contribution < -0.4 is 15.8 Å². The highest BCUT2D eigenvalue weighted by molar-refractivity contribution is 5.83. The Kier molecular flexibility index (Phi) is 5.39. The van der Waals surface area contributed by atoms with E-state index in [9.17, 15) is 23.7 Å². The monoisotopic (exact) mass is 303 g/mol. The molecule has 0 bridgehead atoms. The third kappa shape index (κ3) is 4.55. The average molecular weight is 303 g/mol. The zero-order valence-electron chi connectivity index (χ0n) is 11.4. The highest BCUT2D eigenvalue weighted by atomic mass is 19.3. The molecule has 1 rings (SSSR count). The number of primary amides is 1. The minimum absolute atomic E-state index is 0.155. The predicted molar refractivity (Wildman–Crippen MR) is 71.2 cm³/mol. The van der Waals surface area contributed by atoms with Crippen LogP contribution in [0.1, 0.15) is 13.8 Å². The van der Waals surface area contributed by atoms with Crippen LogP contribution in [0.2, 0.25) is 0 Å². The van der Waals surface area contributed by atoms with E-state index in [1.165, 1.54) is 6.07 Å². The Morgan fingerprint density at radius 1 is 1.43 bits per heavy atom. The highest BCUT2D eigenvalue weighted by Gasteiger charge is 2.22. The van der Waals surface area contributed by atoms with Crippen LogP contribution >= 0.6 is 0 Å². The predicted octanol–water partition coefficient (Wildman–Crippen LogP) is 2.12. The van der Waals surface area contributed by atoms with Gasteiger partial charge in [-0.3, -0.25) is 14.9 Å².